The van der Waals surface area contributed by atoms with Gasteiger partial charge in [0.15, 0.2) is 0 Å². The molecule has 2 aliphatic heterocycles. The van der Waals surface area contributed by atoms with Crippen LogP contribution in [0, 0.1) is 5.92 Å². The van der Waals surface area contributed by atoms with E-state index in [1.807, 2.05) is 6.07 Å². The Bertz CT molecular complexity index is 443. The van der Waals surface area contributed by atoms with Gasteiger partial charge in [0.1, 0.15) is 5.82 Å². The van der Waals surface area contributed by atoms with Crippen molar-refractivity contribution in [3.05, 3.63) is 17.8 Å². The molecule has 1 aromatic heterocycles. The van der Waals surface area contributed by atoms with E-state index in [9.17, 15) is 5.11 Å². The van der Waals surface area contributed by atoms with Crippen molar-refractivity contribution < 1.29 is 5.11 Å². The van der Waals surface area contributed by atoms with Crippen molar-refractivity contribution in [1.82, 2.24) is 15.1 Å². The molecule has 3 N–H and O–H groups in total. The van der Waals surface area contributed by atoms with E-state index in [0.29, 0.717) is 12.6 Å². The van der Waals surface area contributed by atoms with Crippen molar-refractivity contribution >= 4 is 11.7 Å². The number of piperidine rings is 1. The van der Waals surface area contributed by atoms with Crippen LogP contribution >= 0.6 is 0 Å². The van der Waals surface area contributed by atoms with E-state index in [4.69, 9.17) is 0 Å². The van der Waals surface area contributed by atoms with Gasteiger partial charge in [0.05, 0.1) is 11.7 Å². The van der Waals surface area contributed by atoms with Crippen LogP contribution in [0.2, 0.25) is 0 Å². The number of fused-ring (bicyclic) bond motifs is 1. The molecule has 0 radical (unpaired) electrons. The number of hydrogen-bond donors (Lipinski definition) is 3. The fourth-order valence-electron chi connectivity index (χ4n) is 2.45. The summed E-state index contributed by atoms with van der Waals surface area (Å²) in [6, 6.07) is 2.34. The maximum absolute atomic E-state index is 9.72. The average Bonchev–Trinajstić information content (AvgIpc) is 2.75. The zero-order valence-electron chi connectivity index (χ0n) is 9.98. The molecule has 0 saturated carbocycles. The van der Waals surface area contributed by atoms with Gasteiger partial charge in [-0.25, -0.2) is 0 Å². The molecule has 17 heavy (non-hydrogen) atoms. The molecule has 3 rings (SSSR count). The highest BCUT2D eigenvalue weighted by atomic mass is 16.3. The van der Waals surface area contributed by atoms with Crippen LogP contribution in [0.1, 0.15) is 31.5 Å². The summed E-state index contributed by atoms with van der Waals surface area (Å²) in [7, 11) is 0. The first-order valence-corrected chi connectivity index (χ1v) is 6.21. The standard InChI is InChI=1S/C12H18N4O/c1-8-2-3-9(14-7-8)10-6-11-13-5-4-12(17)16(11)15-10/h4,6,8-9,13-14,17H,2-3,5,7H2,1H3/t8-,9-/m0/s1. The van der Waals surface area contributed by atoms with Gasteiger partial charge in [-0.2, -0.15) is 9.78 Å². The SMILES string of the molecule is C[C@H]1CC[C@@H](c2cc3n(n2)C(O)=CCN3)NC1. The molecule has 3 heterocycles. The summed E-state index contributed by atoms with van der Waals surface area (Å²) in [6.45, 7) is 3.96. The monoisotopic (exact) mass is 234 g/mol. The fraction of sp³-hybridized carbons (Fsp3) is 0.583. The summed E-state index contributed by atoms with van der Waals surface area (Å²) >= 11 is 0. The van der Waals surface area contributed by atoms with E-state index < -0.39 is 0 Å². The molecular weight excluding hydrogens is 216 g/mol. The second kappa shape index (κ2) is 4.07. The fourth-order valence-corrected chi connectivity index (χ4v) is 2.45. The normalized spacial score (nSPS) is 28.2. The summed E-state index contributed by atoms with van der Waals surface area (Å²) in [5, 5.41) is 20.9. The second-order valence-corrected chi connectivity index (χ2v) is 4.95. The van der Waals surface area contributed by atoms with E-state index >= 15 is 0 Å². The van der Waals surface area contributed by atoms with E-state index in [2.05, 4.69) is 22.7 Å². The maximum Gasteiger partial charge on any atom is 0.211 e. The second-order valence-electron chi connectivity index (χ2n) is 4.95. The molecule has 0 aliphatic carbocycles. The molecule has 0 bridgehead atoms. The Kier molecular flexibility index (Phi) is 2.55. The zero-order valence-corrected chi connectivity index (χ0v) is 9.98. The van der Waals surface area contributed by atoms with Gasteiger partial charge in [0, 0.05) is 12.6 Å². The number of hydrogen-bond acceptors (Lipinski definition) is 4. The van der Waals surface area contributed by atoms with Crippen LogP contribution in [0.5, 0.6) is 0 Å². The average molecular weight is 234 g/mol. The number of aliphatic hydroxyl groups excluding tert-OH is 1. The molecule has 0 aromatic carbocycles. The van der Waals surface area contributed by atoms with Crippen molar-refractivity contribution in [2.45, 2.75) is 25.8 Å². The van der Waals surface area contributed by atoms with E-state index in [1.54, 1.807) is 10.8 Å². The molecule has 2 aliphatic rings. The van der Waals surface area contributed by atoms with Crippen LogP contribution in [-0.4, -0.2) is 28.0 Å². The van der Waals surface area contributed by atoms with Gasteiger partial charge >= 0.3 is 0 Å². The lowest BCUT2D eigenvalue weighted by atomic mass is 9.95. The minimum atomic E-state index is 0.217. The van der Waals surface area contributed by atoms with Gasteiger partial charge in [0.25, 0.3) is 0 Å². The Balaban J connectivity index is 1.83. The Morgan fingerprint density at radius 3 is 3.06 bits per heavy atom. The van der Waals surface area contributed by atoms with Crippen molar-refractivity contribution in [1.29, 1.82) is 0 Å². The molecule has 1 fully saturated rings. The van der Waals surface area contributed by atoms with Crippen molar-refractivity contribution in [3.63, 3.8) is 0 Å². The molecule has 5 heteroatoms. The lowest BCUT2D eigenvalue weighted by Gasteiger charge is -2.26. The first-order chi connectivity index (χ1) is 8.24. The van der Waals surface area contributed by atoms with Gasteiger partial charge in [-0.1, -0.05) is 6.92 Å². The Labute approximate surface area is 101 Å². The lowest BCUT2D eigenvalue weighted by Crippen LogP contribution is -2.32. The van der Waals surface area contributed by atoms with E-state index in [0.717, 1.165) is 30.4 Å². The molecule has 5 nitrogen and oxygen atoms in total. The van der Waals surface area contributed by atoms with E-state index in [1.165, 1.54) is 6.42 Å². The topological polar surface area (TPSA) is 62.1 Å². The highest BCUT2D eigenvalue weighted by Gasteiger charge is 2.23. The molecule has 92 valence electrons. The van der Waals surface area contributed by atoms with Crippen LogP contribution in [0.25, 0.3) is 5.88 Å². The number of aromatic nitrogens is 2. The van der Waals surface area contributed by atoms with Gasteiger partial charge in [-0.3, -0.25) is 0 Å². The predicted molar refractivity (Wildman–Crippen MR) is 66.8 cm³/mol. The quantitative estimate of drug-likeness (QED) is 0.692. The predicted octanol–water partition coefficient (Wildman–Crippen LogP) is 1.73. The van der Waals surface area contributed by atoms with Crippen molar-refractivity contribution in [2.75, 3.05) is 18.4 Å². The minimum absolute atomic E-state index is 0.217. The summed E-state index contributed by atoms with van der Waals surface area (Å²) in [6.07, 6.45) is 4.07. The molecule has 1 aromatic rings. The van der Waals surface area contributed by atoms with E-state index in [-0.39, 0.29) is 5.88 Å². The summed E-state index contributed by atoms with van der Waals surface area (Å²) in [4.78, 5) is 0. The maximum atomic E-state index is 9.72. The van der Waals surface area contributed by atoms with Gasteiger partial charge in [-0.15, -0.1) is 0 Å². The van der Waals surface area contributed by atoms with Crippen LogP contribution in [-0.2, 0) is 0 Å². The number of rotatable bonds is 1. The number of anilines is 1. The van der Waals surface area contributed by atoms with Crippen LogP contribution in [0.3, 0.4) is 0 Å². The Morgan fingerprint density at radius 1 is 1.47 bits per heavy atom. The minimum Gasteiger partial charge on any atom is -0.493 e. The van der Waals surface area contributed by atoms with Crippen LogP contribution in [0.15, 0.2) is 12.1 Å². The molecule has 2 atom stereocenters. The Hall–Kier alpha value is -1.49. The largest absolute Gasteiger partial charge is 0.493 e. The highest BCUT2D eigenvalue weighted by molar-refractivity contribution is 5.53. The smallest absolute Gasteiger partial charge is 0.211 e. The third-order valence-electron chi connectivity index (χ3n) is 3.53. The van der Waals surface area contributed by atoms with Crippen molar-refractivity contribution in [2.24, 2.45) is 5.92 Å². The Morgan fingerprint density at radius 2 is 2.35 bits per heavy atom. The molecule has 0 unspecified atom stereocenters. The molecule has 0 amide bonds. The van der Waals surface area contributed by atoms with Crippen LogP contribution < -0.4 is 10.6 Å². The summed E-state index contributed by atoms with van der Waals surface area (Å²) in [5.74, 6) is 1.84. The summed E-state index contributed by atoms with van der Waals surface area (Å²) < 4.78 is 1.57. The third kappa shape index (κ3) is 1.91. The van der Waals surface area contributed by atoms with Crippen molar-refractivity contribution in [3.8, 4) is 0 Å². The summed E-state index contributed by atoms with van der Waals surface area (Å²) in [5.41, 5.74) is 1.02. The van der Waals surface area contributed by atoms with Gasteiger partial charge in [-0.05, 0) is 31.4 Å². The number of aliphatic hydroxyl groups is 1. The third-order valence-corrected chi connectivity index (χ3v) is 3.53. The molecule has 0 spiro atoms. The zero-order chi connectivity index (χ0) is 11.8. The van der Waals surface area contributed by atoms with Crippen LogP contribution in [0.4, 0.5) is 5.82 Å². The number of nitrogens with zero attached hydrogens (tertiary/aromatic N) is 2. The van der Waals surface area contributed by atoms with Gasteiger partial charge in [0.2, 0.25) is 5.88 Å². The molecular formula is C12H18N4O. The highest BCUT2D eigenvalue weighted by Crippen LogP contribution is 2.28. The lowest BCUT2D eigenvalue weighted by molar-refractivity contribution is 0.327. The number of nitrogens with one attached hydrogen (secondary N) is 2. The molecule has 1 saturated heterocycles. The first kappa shape index (κ1) is 10.7. The first-order valence-electron chi connectivity index (χ1n) is 6.21. The van der Waals surface area contributed by atoms with Gasteiger partial charge < -0.3 is 15.7 Å².